The number of phenols is 2. The SMILES string of the molecule is CCCCCCCCCC(O)Cc1ccc(O)c(O)c1. The van der Waals surface area contributed by atoms with Gasteiger partial charge in [-0.05, 0) is 30.5 Å². The molecule has 1 rings (SSSR count). The zero-order valence-electron chi connectivity index (χ0n) is 12.5. The Hall–Kier alpha value is -1.22. The van der Waals surface area contributed by atoms with Crippen molar-refractivity contribution in [3.63, 3.8) is 0 Å². The number of hydrogen-bond acceptors (Lipinski definition) is 3. The van der Waals surface area contributed by atoms with E-state index in [0.717, 1.165) is 18.4 Å². The third kappa shape index (κ3) is 6.80. The molecule has 114 valence electrons. The molecule has 1 aromatic rings. The molecule has 3 nitrogen and oxygen atoms in total. The first-order valence-corrected chi connectivity index (χ1v) is 7.82. The summed E-state index contributed by atoms with van der Waals surface area (Å²) in [5.41, 5.74) is 0.857. The third-order valence-electron chi connectivity index (χ3n) is 3.65. The number of aliphatic hydroxyl groups is 1. The largest absolute Gasteiger partial charge is 0.504 e. The molecule has 0 fully saturated rings. The van der Waals surface area contributed by atoms with Crippen LogP contribution < -0.4 is 0 Å². The van der Waals surface area contributed by atoms with Gasteiger partial charge in [-0.2, -0.15) is 0 Å². The van der Waals surface area contributed by atoms with Gasteiger partial charge in [-0.3, -0.25) is 0 Å². The highest BCUT2D eigenvalue weighted by molar-refractivity contribution is 5.40. The van der Waals surface area contributed by atoms with Gasteiger partial charge in [0.05, 0.1) is 6.10 Å². The Bertz CT molecular complexity index is 376. The molecular weight excluding hydrogens is 252 g/mol. The minimum absolute atomic E-state index is 0.115. The minimum atomic E-state index is -0.366. The highest BCUT2D eigenvalue weighted by atomic mass is 16.3. The molecule has 1 atom stereocenters. The second-order valence-electron chi connectivity index (χ2n) is 5.59. The number of benzene rings is 1. The molecule has 0 amide bonds. The number of aromatic hydroxyl groups is 2. The van der Waals surface area contributed by atoms with Crippen LogP contribution in [0.1, 0.15) is 63.9 Å². The van der Waals surface area contributed by atoms with Crippen molar-refractivity contribution >= 4 is 0 Å². The third-order valence-corrected chi connectivity index (χ3v) is 3.65. The van der Waals surface area contributed by atoms with Crippen molar-refractivity contribution in [2.75, 3.05) is 0 Å². The predicted octanol–water partition coefficient (Wildman–Crippen LogP) is 4.14. The summed E-state index contributed by atoms with van der Waals surface area (Å²) in [6.45, 7) is 2.22. The molecule has 0 aliphatic rings. The molecule has 1 unspecified atom stereocenters. The quantitative estimate of drug-likeness (QED) is 0.446. The summed E-state index contributed by atoms with van der Waals surface area (Å²) in [6, 6.07) is 4.72. The zero-order chi connectivity index (χ0) is 14.8. The van der Waals surface area contributed by atoms with Gasteiger partial charge in [0.15, 0.2) is 11.5 Å². The summed E-state index contributed by atoms with van der Waals surface area (Å²) in [6.07, 6.45) is 9.69. The standard InChI is InChI=1S/C17H28O3/c1-2-3-4-5-6-7-8-9-15(18)12-14-10-11-16(19)17(20)13-14/h10-11,13,15,18-20H,2-9,12H2,1H3. The summed E-state index contributed by atoms with van der Waals surface area (Å²) in [4.78, 5) is 0. The lowest BCUT2D eigenvalue weighted by Crippen LogP contribution is -2.10. The van der Waals surface area contributed by atoms with Crippen molar-refractivity contribution in [3.05, 3.63) is 23.8 Å². The second kappa shape index (κ2) is 9.65. The number of hydrogen-bond donors (Lipinski definition) is 3. The molecule has 0 aromatic heterocycles. The van der Waals surface area contributed by atoms with Crippen LogP contribution in [-0.4, -0.2) is 21.4 Å². The molecule has 20 heavy (non-hydrogen) atoms. The number of aliphatic hydroxyl groups excluding tert-OH is 1. The Morgan fingerprint density at radius 3 is 2.20 bits per heavy atom. The van der Waals surface area contributed by atoms with Gasteiger partial charge in [-0.25, -0.2) is 0 Å². The molecule has 0 aliphatic heterocycles. The van der Waals surface area contributed by atoms with Crippen LogP contribution >= 0.6 is 0 Å². The van der Waals surface area contributed by atoms with E-state index in [1.165, 1.54) is 50.7 Å². The maximum absolute atomic E-state index is 9.96. The smallest absolute Gasteiger partial charge is 0.157 e. The van der Waals surface area contributed by atoms with Crippen molar-refractivity contribution < 1.29 is 15.3 Å². The molecular formula is C17H28O3. The van der Waals surface area contributed by atoms with Crippen LogP contribution in [0.2, 0.25) is 0 Å². The van der Waals surface area contributed by atoms with E-state index in [0.29, 0.717) is 6.42 Å². The molecule has 1 aromatic carbocycles. The van der Waals surface area contributed by atoms with Crippen LogP contribution in [0.15, 0.2) is 18.2 Å². The first kappa shape index (κ1) is 16.8. The van der Waals surface area contributed by atoms with E-state index >= 15 is 0 Å². The fourth-order valence-electron chi connectivity index (χ4n) is 2.41. The van der Waals surface area contributed by atoms with Crippen molar-refractivity contribution in [1.29, 1.82) is 0 Å². The van der Waals surface area contributed by atoms with Gasteiger partial charge in [-0.1, -0.05) is 57.9 Å². The molecule has 3 heteroatoms. The van der Waals surface area contributed by atoms with E-state index in [9.17, 15) is 15.3 Å². The van der Waals surface area contributed by atoms with Crippen molar-refractivity contribution in [1.82, 2.24) is 0 Å². The maximum atomic E-state index is 9.96. The fraction of sp³-hybridized carbons (Fsp3) is 0.647. The lowest BCUT2D eigenvalue weighted by molar-refractivity contribution is 0.160. The second-order valence-corrected chi connectivity index (χ2v) is 5.59. The van der Waals surface area contributed by atoms with Gasteiger partial charge in [-0.15, -0.1) is 0 Å². The maximum Gasteiger partial charge on any atom is 0.157 e. The van der Waals surface area contributed by atoms with Crippen LogP contribution in [0.4, 0.5) is 0 Å². The normalized spacial score (nSPS) is 12.5. The molecule has 0 saturated carbocycles. The number of unbranched alkanes of at least 4 members (excludes halogenated alkanes) is 6. The highest BCUT2D eigenvalue weighted by Gasteiger charge is 2.07. The summed E-state index contributed by atoms with van der Waals surface area (Å²) < 4.78 is 0. The molecule has 0 bridgehead atoms. The molecule has 0 radical (unpaired) electrons. The van der Waals surface area contributed by atoms with Gasteiger partial charge >= 0.3 is 0 Å². The average Bonchev–Trinajstić information content (AvgIpc) is 2.42. The Labute approximate surface area is 122 Å². The number of phenolic OH excluding ortho intramolecular Hbond substituents is 2. The van der Waals surface area contributed by atoms with Gasteiger partial charge in [0, 0.05) is 0 Å². The number of rotatable bonds is 10. The predicted molar refractivity (Wildman–Crippen MR) is 82.1 cm³/mol. The zero-order valence-corrected chi connectivity index (χ0v) is 12.5. The van der Waals surface area contributed by atoms with E-state index in [1.807, 2.05) is 0 Å². The lowest BCUT2D eigenvalue weighted by Gasteiger charge is -2.11. The van der Waals surface area contributed by atoms with Gasteiger partial charge in [0.2, 0.25) is 0 Å². The summed E-state index contributed by atoms with van der Waals surface area (Å²) >= 11 is 0. The fourth-order valence-corrected chi connectivity index (χ4v) is 2.41. The minimum Gasteiger partial charge on any atom is -0.504 e. The highest BCUT2D eigenvalue weighted by Crippen LogP contribution is 2.25. The topological polar surface area (TPSA) is 60.7 Å². The van der Waals surface area contributed by atoms with Crippen molar-refractivity contribution in [2.45, 2.75) is 70.8 Å². The Morgan fingerprint density at radius 1 is 0.900 bits per heavy atom. The van der Waals surface area contributed by atoms with Crippen LogP contribution in [0.25, 0.3) is 0 Å². The molecule has 0 aliphatic carbocycles. The first-order valence-electron chi connectivity index (χ1n) is 7.82. The van der Waals surface area contributed by atoms with Crippen LogP contribution in [0.3, 0.4) is 0 Å². The summed E-state index contributed by atoms with van der Waals surface area (Å²) in [5, 5.41) is 28.6. The Balaban J connectivity index is 2.13. The summed E-state index contributed by atoms with van der Waals surface area (Å²) in [7, 11) is 0. The Kier molecular flexibility index (Phi) is 8.12. The first-order chi connectivity index (χ1) is 9.63. The molecule has 0 heterocycles. The van der Waals surface area contributed by atoms with E-state index in [2.05, 4.69) is 6.92 Å². The van der Waals surface area contributed by atoms with E-state index in [1.54, 1.807) is 6.07 Å². The van der Waals surface area contributed by atoms with Crippen LogP contribution in [-0.2, 0) is 6.42 Å². The molecule has 0 saturated heterocycles. The van der Waals surface area contributed by atoms with Crippen LogP contribution in [0.5, 0.6) is 11.5 Å². The van der Waals surface area contributed by atoms with Crippen molar-refractivity contribution in [2.24, 2.45) is 0 Å². The van der Waals surface area contributed by atoms with Gasteiger partial charge < -0.3 is 15.3 Å². The summed E-state index contributed by atoms with van der Waals surface area (Å²) in [5.74, 6) is -0.235. The van der Waals surface area contributed by atoms with Crippen LogP contribution in [0, 0.1) is 0 Å². The average molecular weight is 280 g/mol. The van der Waals surface area contributed by atoms with E-state index < -0.39 is 0 Å². The molecule has 0 spiro atoms. The monoisotopic (exact) mass is 280 g/mol. The van der Waals surface area contributed by atoms with Gasteiger partial charge in [0.25, 0.3) is 0 Å². The lowest BCUT2D eigenvalue weighted by atomic mass is 10.0. The van der Waals surface area contributed by atoms with E-state index in [-0.39, 0.29) is 17.6 Å². The van der Waals surface area contributed by atoms with E-state index in [4.69, 9.17) is 0 Å². The molecule has 3 N–H and O–H groups in total. The van der Waals surface area contributed by atoms with Crippen molar-refractivity contribution in [3.8, 4) is 11.5 Å². The Morgan fingerprint density at radius 2 is 1.55 bits per heavy atom. The van der Waals surface area contributed by atoms with Gasteiger partial charge in [0.1, 0.15) is 0 Å².